The third-order valence-corrected chi connectivity index (χ3v) is 2.26. The fourth-order valence-electron chi connectivity index (χ4n) is 1.33. The molecule has 0 saturated heterocycles. The lowest BCUT2D eigenvalue weighted by molar-refractivity contribution is 0.0240. The first-order valence-corrected chi connectivity index (χ1v) is 4.82. The van der Waals surface area contributed by atoms with E-state index in [2.05, 4.69) is 10.0 Å². The van der Waals surface area contributed by atoms with Gasteiger partial charge in [-0.15, -0.1) is 0 Å². The summed E-state index contributed by atoms with van der Waals surface area (Å²) in [6, 6.07) is 1.47. The number of carbonyl (C=O) groups is 1. The van der Waals surface area contributed by atoms with E-state index in [-0.39, 0.29) is 11.8 Å². The Kier molecular flexibility index (Phi) is 4.73. The molecule has 1 aromatic carbocycles. The van der Waals surface area contributed by atoms with E-state index in [0.29, 0.717) is 0 Å². The van der Waals surface area contributed by atoms with Crippen molar-refractivity contribution in [3.8, 4) is 0 Å². The fourth-order valence-corrected chi connectivity index (χ4v) is 1.33. The third-order valence-electron chi connectivity index (χ3n) is 2.26. The van der Waals surface area contributed by atoms with Crippen molar-refractivity contribution in [2.24, 2.45) is 5.11 Å². The van der Waals surface area contributed by atoms with Crippen molar-refractivity contribution in [3.05, 3.63) is 45.3 Å². The van der Waals surface area contributed by atoms with Crippen LogP contribution in [0.1, 0.15) is 22.0 Å². The molecule has 0 aliphatic carbocycles. The zero-order valence-corrected chi connectivity index (χ0v) is 8.99. The van der Waals surface area contributed by atoms with Gasteiger partial charge in [0.25, 0.3) is 0 Å². The molecule has 0 amide bonds. The number of benzene rings is 1. The lowest BCUT2D eigenvalue weighted by Gasteiger charge is -2.16. The van der Waals surface area contributed by atoms with Crippen LogP contribution < -0.4 is 0 Å². The molecule has 0 saturated carbocycles. The standard InChI is InChI=1S/C10H9F2N3O3/c11-7-1-5(2-8(12)6(7)4-16)10(18)9(17)3-14-15-13/h1-2,4,9-10,17-18H,3H2. The summed E-state index contributed by atoms with van der Waals surface area (Å²) in [5, 5.41) is 22.0. The van der Waals surface area contributed by atoms with Crippen LogP contribution in [-0.4, -0.2) is 29.1 Å². The second kappa shape index (κ2) is 6.06. The molecule has 96 valence electrons. The van der Waals surface area contributed by atoms with Crippen LogP contribution in [0.2, 0.25) is 0 Å². The monoisotopic (exact) mass is 257 g/mol. The van der Waals surface area contributed by atoms with E-state index in [1.54, 1.807) is 0 Å². The van der Waals surface area contributed by atoms with Crippen molar-refractivity contribution in [2.45, 2.75) is 12.2 Å². The number of aliphatic hydroxyl groups is 2. The summed E-state index contributed by atoms with van der Waals surface area (Å²) in [4.78, 5) is 12.7. The van der Waals surface area contributed by atoms with E-state index in [4.69, 9.17) is 5.53 Å². The minimum atomic E-state index is -1.62. The largest absolute Gasteiger partial charge is 0.390 e. The van der Waals surface area contributed by atoms with E-state index in [1.807, 2.05) is 0 Å². The molecule has 0 heterocycles. The molecule has 0 aliphatic rings. The first-order valence-electron chi connectivity index (χ1n) is 4.82. The molecule has 0 fully saturated rings. The van der Waals surface area contributed by atoms with Gasteiger partial charge in [-0.2, -0.15) is 0 Å². The lowest BCUT2D eigenvalue weighted by atomic mass is 10.0. The summed E-state index contributed by atoms with van der Waals surface area (Å²) in [6.07, 6.45) is -3.11. The van der Waals surface area contributed by atoms with Crippen molar-refractivity contribution < 1.29 is 23.8 Å². The van der Waals surface area contributed by atoms with Gasteiger partial charge in [0.2, 0.25) is 0 Å². The van der Waals surface area contributed by atoms with Crippen LogP contribution in [0.5, 0.6) is 0 Å². The van der Waals surface area contributed by atoms with Crippen molar-refractivity contribution >= 4 is 6.29 Å². The molecule has 8 heteroatoms. The summed E-state index contributed by atoms with van der Waals surface area (Å²) in [6.45, 7) is -0.448. The first-order chi connectivity index (χ1) is 8.51. The molecular weight excluding hydrogens is 248 g/mol. The predicted octanol–water partition coefficient (Wildman–Crippen LogP) is 1.48. The smallest absolute Gasteiger partial charge is 0.155 e. The Hall–Kier alpha value is -2.02. The number of hydrogen-bond acceptors (Lipinski definition) is 4. The van der Waals surface area contributed by atoms with Crippen LogP contribution in [0, 0.1) is 11.6 Å². The molecule has 18 heavy (non-hydrogen) atoms. The number of azide groups is 1. The molecule has 1 rings (SSSR count). The van der Waals surface area contributed by atoms with E-state index in [1.165, 1.54) is 0 Å². The highest BCUT2D eigenvalue weighted by Gasteiger charge is 2.21. The molecular formula is C10H9F2N3O3. The molecule has 2 atom stereocenters. The summed E-state index contributed by atoms with van der Waals surface area (Å²) in [7, 11) is 0. The van der Waals surface area contributed by atoms with Gasteiger partial charge in [-0.3, -0.25) is 4.79 Å². The molecule has 0 aliphatic heterocycles. The molecule has 0 radical (unpaired) electrons. The number of aliphatic hydroxyl groups excluding tert-OH is 2. The highest BCUT2D eigenvalue weighted by atomic mass is 19.1. The van der Waals surface area contributed by atoms with Crippen molar-refractivity contribution in [3.63, 3.8) is 0 Å². The van der Waals surface area contributed by atoms with E-state index in [9.17, 15) is 23.8 Å². The molecule has 2 N–H and O–H groups in total. The van der Waals surface area contributed by atoms with Gasteiger partial charge in [-0.25, -0.2) is 8.78 Å². The Morgan fingerprint density at radius 2 is 1.94 bits per heavy atom. The fraction of sp³-hybridized carbons (Fsp3) is 0.300. The summed E-state index contributed by atoms with van der Waals surface area (Å²) >= 11 is 0. The van der Waals surface area contributed by atoms with Gasteiger partial charge in [0.05, 0.1) is 18.2 Å². The van der Waals surface area contributed by atoms with E-state index < -0.39 is 36.0 Å². The summed E-state index contributed by atoms with van der Waals surface area (Å²) in [5.41, 5.74) is 7.02. The maximum atomic E-state index is 13.2. The minimum absolute atomic E-state index is 0.0111. The van der Waals surface area contributed by atoms with Crippen LogP contribution >= 0.6 is 0 Å². The highest BCUT2D eigenvalue weighted by molar-refractivity contribution is 5.75. The zero-order chi connectivity index (χ0) is 13.7. The van der Waals surface area contributed by atoms with Gasteiger partial charge >= 0.3 is 0 Å². The lowest BCUT2D eigenvalue weighted by Crippen LogP contribution is -2.21. The zero-order valence-electron chi connectivity index (χ0n) is 8.99. The van der Waals surface area contributed by atoms with Gasteiger partial charge in [-0.1, -0.05) is 5.11 Å². The van der Waals surface area contributed by atoms with Crippen LogP contribution in [0.25, 0.3) is 10.4 Å². The molecule has 2 unspecified atom stereocenters. The molecule has 0 aromatic heterocycles. The van der Waals surface area contributed by atoms with Crippen LogP contribution in [0.3, 0.4) is 0 Å². The van der Waals surface area contributed by atoms with Crippen molar-refractivity contribution in [2.75, 3.05) is 6.54 Å². The van der Waals surface area contributed by atoms with Crippen molar-refractivity contribution in [1.29, 1.82) is 0 Å². The number of aldehydes is 1. The molecule has 0 spiro atoms. The van der Waals surface area contributed by atoms with Gasteiger partial charge in [0.1, 0.15) is 17.7 Å². The molecule has 1 aromatic rings. The van der Waals surface area contributed by atoms with Crippen molar-refractivity contribution in [1.82, 2.24) is 0 Å². The Morgan fingerprint density at radius 1 is 1.39 bits per heavy atom. The Bertz CT molecular complexity index is 480. The Labute approximate surface area is 100 Å². The Balaban J connectivity index is 3.03. The topological polar surface area (TPSA) is 106 Å². The van der Waals surface area contributed by atoms with Gasteiger partial charge in [0.15, 0.2) is 6.29 Å². The summed E-state index contributed by atoms with van der Waals surface area (Å²) in [5.74, 6) is -2.29. The highest BCUT2D eigenvalue weighted by Crippen LogP contribution is 2.22. The molecule has 0 bridgehead atoms. The van der Waals surface area contributed by atoms with Crippen LogP contribution in [0.15, 0.2) is 17.2 Å². The number of carbonyl (C=O) groups excluding carboxylic acids is 1. The SMILES string of the molecule is [N-]=[N+]=NCC(O)C(O)c1cc(F)c(C=O)c(F)c1. The van der Waals surface area contributed by atoms with Crippen LogP contribution in [0.4, 0.5) is 8.78 Å². The average Bonchev–Trinajstić information content (AvgIpc) is 2.34. The van der Waals surface area contributed by atoms with Gasteiger partial charge in [0, 0.05) is 4.91 Å². The van der Waals surface area contributed by atoms with Gasteiger partial charge in [-0.05, 0) is 23.2 Å². The van der Waals surface area contributed by atoms with Gasteiger partial charge < -0.3 is 10.2 Å². The Morgan fingerprint density at radius 3 is 2.39 bits per heavy atom. The first kappa shape index (κ1) is 14.0. The number of nitrogens with zero attached hydrogens (tertiary/aromatic N) is 3. The van der Waals surface area contributed by atoms with E-state index >= 15 is 0 Å². The number of rotatable bonds is 5. The quantitative estimate of drug-likeness (QED) is 0.361. The average molecular weight is 257 g/mol. The normalized spacial score (nSPS) is 13.6. The second-order valence-electron chi connectivity index (χ2n) is 3.44. The number of halogens is 2. The maximum absolute atomic E-state index is 13.2. The van der Waals surface area contributed by atoms with E-state index in [0.717, 1.165) is 12.1 Å². The third kappa shape index (κ3) is 3.01. The maximum Gasteiger partial charge on any atom is 0.155 e. The second-order valence-corrected chi connectivity index (χ2v) is 3.44. The minimum Gasteiger partial charge on any atom is -0.390 e. The summed E-state index contributed by atoms with van der Waals surface area (Å²) < 4.78 is 26.5. The van der Waals surface area contributed by atoms with Crippen LogP contribution in [-0.2, 0) is 0 Å². The molecule has 6 nitrogen and oxygen atoms in total. The number of hydrogen-bond donors (Lipinski definition) is 2. The predicted molar refractivity (Wildman–Crippen MR) is 56.7 cm³/mol.